The molecule has 0 bridgehead atoms. The fourth-order valence-corrected chi connectivity index (χ4v) is 2.89. The lowest BCUT2D eigenvalue weighted by atomic mass is 10.2. The minimum absolute atomic E-state index is 0.0246. The molecule has 2 aromatic rings. The largest absolute Gasteiger partial charge is 0.367 e. The highest BCUT2D eigenvalue weighted by atomic mass is 35.5. The van der Waals surface area contributed by atoms with Crippen molar-refractivity contribution in [2.45, 2.75) is 11.5 Å². The highest BCUT2D eigenvalue weighted by molar-refractivity contribution is 7.99. The first kappa shape index (κ1) is 18.1. The van der Waals surface area contributed by atoms with Crippen LogP contribution in [0.4, 0.5) is 0 Å². The summed E-state index contributed by atoms with van der Waals surface area (Å²) >= 11 is 13.5. The summed E-state index contributed by atoms with van der Waals surface area (Å²) in [4.78, 5) is 12.8. The molecule has 0 aliphatic heterocycles. The maximum absolute atomic E-state index is 11.7. The quantitative estimate of drug-likeness (QED) is 0.552. The molecule has 0 saturated carbocycles. The van der Waals surface area contributed by atoms with Gasteiger partial charge in [-0.25, -0.2) is 0 Å². The van der Waals surface area contributed by atoms with Gasteiger partial charge in [0.1, 0.15) is 6.61 Å². The van der Waals surface area contributed by atoms with Crippen molar-refractivity contribution < 1.29 is 9.53 Å². The number of halogens is 2. The van der Waals surface area contributed by atoms with Crippen molar-refractivity contribution in [3.8, 4) is 0 Å². The summed E-state index contributed by atoms with van der Waals surface area (Å²) in [5.74, 6) is 0.659. The highest BCUT2D eigenvalue weighted by Gasteiger charge is 2.03. The maximum Gasteiger partial charge on any atom is 0.246 e. The van der Waals surface area contributed by atoms with Gasteiger partial charge < -0.3 is 10.1 Å². The van der Waals surface area contributed by atoms with Gasteiger partial charge in [-0.15, -0.1) is 11.8 Å². The van der Waals surface area contributed by atoms with Crippen molar-refractivity contribution in [1.82, 2.24) is 5.32 Å². The molecule has 0 saturated heterocycles. The first-order valence-corrected chi connectivity index (χ1v) is 8.85. The summed E-state index contributed by atoms with van der Waals surface area (Å²) in [7, 11) is 0. The van der Waals surface area contributed by atoms with E-state index < -0.39 is 0 Å². The number of rotatable bonds is 8. The number of nitrogens with one attached hydrogen (secondary N) is 1. The van der Waals surface area contributed by atoms with E-state index in [4.69, 9.17) is 27.9 Å². The average Bonchev–Trinajstić information content (AvgIpc) is 2.55. The lowest BCUT2D eigenvalue weighted by molar-refractivity contribution is -0.125. The van der Waals surface area contributed by atoms with E-state index in [1.54, 1.807) is 17.8 Å². The van der Waals surface area contributed by atoms with Crippen molar-refractivity contribution in [3.63, 3.8) is 0 Å². The number of thioether (sulfide) groups is 1. The first-order chi connectivity index (χ1) is 11.1. The van der Waals surface area contributed by atoms with Crippen molar-refractivity contribution >= 4 is 40.9 Å². The molecule has 0 heterocycles. The van der Waals surface area contributed by atoms with Crippen LogP contribution in [0.2, 0.25) is 10.0 Å². The molecule has 0 aromatic heterocycles. The number of carbonyl (C=O) groups is 1. The standard InChI is InChI=1S/C17H17Cl2NO2S/c18-14-5-7-15(8-6-14)23-10-9-20-17(21)12-22-11-13-3-1-2-4-16(13)19/h1-8H,9-12H2,(H,20,21). The Balaban J connectivity index is 1.58. The van der Waals surface area contributed by atoms with Crippen LogP contribution in [-0.2, 0) is 16.1 Å². The van der Waals surface area contributed by atoms with Crippen LogP contribution < -0.4 is 5.32 Å². The molecule has 2 rings (SSSR count). The molecule has 0 aliphatic carbocycles. The predicted octanol–water partition coefficient (Wildman–Crippen LogP) is 4.42. The summed E-state index contributed by atoms with van der Waals surface area (Å²) in [5, 5.41) is 4.19. The van der Waals surface area contributed by atoms with E-state index in [1.165, 1.54) is 0 Å². The molecule has 1 amide bonds. The van der Waals surface area contributed by atoms with Crippen molar-refractivity contribution in [3.05, 3.63) is 64.1 Å². The smallest absolute Gasteiger partial charge is 0.246 e. The van der Waals surface area contributed by atoms with Crippen LogP contribution in [0, 0.1) is 0 Å². The number of ether oxygens (including phenoxy) is 1. The lowest BCUT2D eigenvalue weighted by Gasteiger charge is -2.07. The van der Waals surface area contributed by atoms with Gasteiger partial charge in [0.05, 0.1) is 6.61 Å². The van der Waals surface area contributed by atoms with Crippen LogP contribution in [-0.4, -0.2) is 24.8 Å². The Labute approximate surface area is 150 Å². The van der Waals surface area contributed by atoms with Gasteiger partial charge in [0.15, 0.2) is 0 Å². The molecule has 23 heavy (non-hydrogen) atoms. The van der Waals surface area contributed by atoms with Gasteiger partial charge in [-0.1, -0.05) is 41.4 Å². The molecule has 122 valence electrons. The molecule has 0 spiro atoms. The molecular weight excluding hydrogens is 353 g/mol. The summed E-state index contributed by atoms with van der Waals surface area (Å²) in [5.41, 5.74) is 0.875. The zero-order valence-electron chi connectivity index (χ0n) is 12.4. The SMILES string of the molecule is O=C(COCc1ccccc1Cl)NCCSc1ccc(Cl)cc1. The van der Waals surface area contributed by atoms with Gasteiger partial charge in [-0.3, -0.25) is 4.79 Å². The number of amides is 1. The summed E-state index contributed by atoms with van der Waals surface area (Å²) < 4.78 is 5.37. The molecule has 0 unspecified atom stereocenters. The number of benzene rings is 2. The summed E-state index contributed by atoms with van der Waals surface area (Å²) in [6.07, 6.45) is 0. The van der Waals surface area contributed by atoms with Crippen LogP contribution in [0.1, 0.15) is 5.56 Å². The van der Waals surface area contributed by atoms with Crippen LogP contribution in [0.15, 0.2) is 53.4 Å². The average molecular weight is 370 g/mol. The molecule has 0 aliphatic rings. The molecule has 3 nitrogen and oxygen atoms in total. The predicted molar refractivity (Wildman–Crippen MR) is 96.3 cm³/mol. The van der Waals surface area contributed by atoms with Gasteiger partial charge in [-0.2, -0.15) is 0 Å². The molecule has 6 heteroatoms. The molecule has 0 atom stereocenters. The Morgan fingerprint density at radius 3 is 2.57 bits per heavy atom. The van der Waals surface area contributed by atoms with Gasteiger partial charge in [-0.05, 0) is 35.9 Å². The Kier molecular flexibility index (Phi) is 7.76. The second-order valence-electron chi connectivity index (χ2n) is 4.74. The van der Waals surface area contributed by atoms with E-state index in [2.05, 4.69) is 5.32 Å². The fraction of sp³-hybridized carbons (Fsp3) is 0.235. The molecule has 0 fully saturated rings. The zero-order valence-corrected chi connectivity index (χ0v) is 14.8. The van der Waals surface area contributed by atoms with Crippen molar-refractivity contribution in [1.29, 1.82) is 0 Å². The maximum atomic E-state index is 11.7. The Morgan fingerprint density at radius 2 is 1.83 bits per heavy atom. The summed E-state index contributed by atoms with van der Waals surface area (Å²) in [6.45, 7) is 0.936. The van der Waals surface area contributed by atoms with Crippen LogP contribution >= 0.6 is 35.0 Å². The minimum atomic E-state index is -0.131. The molecular formula is C17H17Cl2NO2S. The third-order valence-electron chi connectivity index (χ3n) is 2.96. The fourth-order valence-electron chi connectivity index (χ4n) is 1.81. The van der Waals surface area contributed by atoms with Crippen molar-refractivity contribution in [2.24, 2.45) is 0 Å². The summed E-state index contributed by atoms with van der Waals surface area (Å²) in [6, 6.07) is 15.0. The van der Waals surface area contributed by atoms with Crippen molar-refractivity contribution in [2.75, 3.05) is 18.9 Å². The zero-order chi connectivity index (χ0) is 16.5. The first-order valence-electron chi connectivity index (χ1n) is 7.11. The van der Waals surface area contributed by atoms with Crippen LogP contribution in [0.25, 0.3) is 0 Å². The van der Waals surface area contributed by atoms with Gasteiger partial charge in [0.2, 0.25) is 5.91 Å². The third-order valence-corrected chi connectivity index (χ3v) is 4.59. The van der Waals surface area contributed by atoms with E-state index in [-0.39, 0.29) is 12.5 Å². The van der Waals surface area contributed by atoms with Crippen LogP contribution in [0.5, 0.6) is 0 Å². The van der Waals surface area contributed by atoms with E-state index in [0.29, 0.717) is 18.2 Å². The Hall–Kier alpha value is -1.20. The minimum Gasteiger partial charge on any atom is -0.367 e. The topological polar surface area (TPSA) is 38.3 Å². The van der Waals surface area contributed by atoms with E-state index in [9.17, 15) is 4.79 Å². The highest BCUT2D eigenvalue weighted by Crippen LogP contribution is 2.19. The lowest BCUT2D eigenvalue weighted by Crippen LogP contribution is -2.29. The normalized spacial score (nSPS) is 10.5. The Bertz CT molecular complexity index is 635. The molecule has 0 radical (unpaired) electrons. The van der Waals surface area contributed by atoms with Gasteiger partial charge >= 0.3 is 0 Å². The van der Waals surface area contributed by atoms with E-state index >= 15 is 0 Å². The van der Waals surface area contributed by atoms with Gasteiger partial charge in [0.25, 0.3) is 0 Å². The molecule has 1 N–H and O–H groups in total. The van der Waals surface area contributed by atoms with E-state index in [0.717, 1.165) is 21.2 Å². The second-order valence-corrected chi connectivity index (χ2v) is 6.75. The number of hydrogen-bond acceptors (Lipinski definition) is 3. The van der Waals surface area contributed by atoms with Crippen LogP contribution in [0.3, 0.4) is 0 Å². The second kappa shape index (κ2) is 9.83. The van der Waals surface area contributed by atoms with Gasteiger partial charge in [0, 0.05) is 27.2 Å². The number of hydrogen-bond donors (Lipinski definition) is 1. The van der Waals surface area contributed by atoms with E-state index in [1.807, 2.05) is 42.5 Å². The third kappa shape index (κ3) is 6.83. The molecule has 2 aromatic carbocycles. The monoisotopic (exact) mass is 369 g/mol. The Morgan fingerprint density at radius 1 is 1.09 bits per heavy atom. The number of carbonyl (C=O) groups excluding carboxylic acids is 1.